The van der Waals surface area contributed by atoms with Crippen LogP contribution in [0.25, 0.3) is 16.7 Å². The summed E-state index contributed by atoms with van der Waals surface area (Å²) in [5, 5.41) is 5.77. The van der Waals surface area contributed by atoms with Gasteiger partial charge in [0.05, 0.1) is 24.4 Å². The van der Waals surface area contributed by atoms with Crippen molar-refractivity contribution in [2.45, 2.75) is 45.6 Å². The molecule has 0 saturated carbocycles. The molecule has 0 unspecified atom stereocenters. The molecule has 188 valence electrons. The Hall–Kier alpha value is -3.45. The van der Waals surface area contributed by atoms with Gasteiger partial charge >= 0.3 is 0 Å². The molecule has 0 radical (unpaired) electrons. The lowest BCUT2D eigenvalue weighted by Gasteiger charge is -2.24. The first kappa shape index (κ1) is 24.3. The van der Waals surface area contributed by atoms with Crippen LogP contribution in [0.4, 0.5) is 5.82 Å². The molecule has 0 bridgehead atoms. The summed E-state index contributed by atoms with van der Waals surface area (Å²) in [6.45, 7) is 9.36. The molecule has 0 spiro atoms. The van der Waals surface area contributed by atoms with Gasteiger partial charge in [-0.2, -0.15) is 5.10 Å². The van der Waals surface area contributed by atoms with E-state index in [-0.39, 0.29) is 0 Å². The highest BCUT2D eigenvalue weighted by Gasteiger charge is 2.23. The fourth-order valence-corrected chi connectivity index (χ4v) is 5.02. The number of hydrogen-bond donors (Lipinski definition) is 0. The second-order valence-corrected chi connectivity index (χ2v) is 9.69. The largest absolute Gasteiger partial charge is 0.497 e. The van der Waals surface area contributed by atoms with E-state index in [0.29, 0.717) is 5.92 Å². The summed E-state index contributed by atoms with van der Waals surface area (Å²) in [5.74, 6) is 3.14. The van der Waals surface area contributed by atoms with E-state index in [1.165, 1.54) is 5.56 Å². The second kappa shape index (κ2) is 11.1. The molecule has 1 saturated heterocycles. The first-order chi connectivity index (χ1) is 17.7. The topological polar surface area (TPSA) is 59.3 Å². The van der Waals surface area contributed by atoms with E-state index in [0.717, 1.165) is 86.1 Å². The van der Waals surface area contributed by atoms with Gasteiger partial charge in [0.25, 0.3) is 0 Å². The molecule has 7 nitrogen and oxygen atoms in total. The Balaban J connectivity index is 1.43. The van der Waals surface area contributed by atoms with Crippen molar-refractivity contribution < 1.29 is 4.74 Å². The Morgan fingerprint density at radius 1 is 0.944 bits per heavy atom. The predicted octanol–water partition coefficient (Wildman–Crippen LogP) is 5.44. The number of rotatable bonds is 8. The lowest BCUT2D eigenvalue weighted by Crippen LogP contribution is -2.31. The third-order valence-corrected chi connectivity index (χ3v) is 7.04. The van der Waals surface area contributed by atoms with Gasteiger partial charge in [0, 0.05) is 38.6 Å². The number of methoxy groups -OCH3 is 1. The van der Waals surface area contributed by atoms with Crippen LogP contribution in [0.5, 0.6) is 5.75 Å². The van der Waals surface area contributed by atoms with Gasteiger partial charge in [0.15, 0.2) is 5.65 Å². The van der Waals surface area contributed by atoms with Gasteiger partial charge in [0.1, 0.15) is 17.4 Å². The molecular formula is C29H36N6O. The zero-order chi connectivity index (χ0) is 24.9. The average Bonchev–Trinajstić information content (AvgIpc) is 3.21. The normalized spacial score (nSPS) is 15.7. The van der Waals surface area contributed by atoms with Gasteiger partial charge in [-0.05, 0) is 42.7 Å². The molecule has 1 aliphatic heterocycles. The Kier molecular flexibility index (Phi) is 7.47. The van der Waals surface area contributed by atoms with Crippen LogP contribution in [0.1, 0.15) is 50.4 Å². The highest BCUT2D eigenvalue weighted by molar-refractivity contribution is 5.88. The van der Waals surface area contributed by atoms with E-state index in [1.807, 2.05) is 41.2 Å². The lowest BCUT2D eigenvalue weighted by atomic mass is 10.1. The van der Waals surface area contributed by atoms with Gasteiger partial charge in [-0.15, -0.1) is 0 Å². The summed E-state index contributed by atoms with van der Waals surface area (Å²) >= 11 is 0. The molecule has 4 aromatic rings. The first-order valence-corrected chi connectivity index (χ1v) is 13.1. The Bertz CT molecular complexity index is 1270. The van der Waals surface area contributed by atoms with Crippen LogP contribution in [-0.2, 0) is 6.54 Å². The van der Waals surface area contributed by atoms with Gasteiger partial charge in [-0.1, -0.05) is 50.6 Å². The minimum absolute atomic E-state index is 0.302. The van der Waals surface area contributed by atoms with E-state index >= 15 is 0 Å². The van der Waals surface area contributed by atoms with Gasteiger partial charge in [-0.3, -0.25) is 4.90 Å². The monoisotopic (exact) mass is 484 g/mol. The average molecular weight is 485 g/mol. The van der Waals surface area contributed by atoms with Crippen molar-refractivity contribution in [3.8, 4) is 11.4 Å². The third-order valence-electron chi connectivity index (χ3n) is 7.04. The maximum absolute atomic E-state index is 5.31. The van der Waals surface area contributed by atoms with Crippen LogP contribution in [0.15, 0.2) is 60.8 Å². The SMILES string of the molecule is CCC[C@H](C)c1nc(N2CCCN(Cc3ccc(OC)cc3)CC2)c2cnn(-c3ccccc3)c2n1. The van der Waals surface area contributed by atoms with Gasteiger partial charge < -0.3 is 9.64 Å². The number of para-hydroxylation sites is 1. The van der Waals surface area contributed by atoms with E-state index in [2.05, 4.69) is 47.9 Å². The quantitative estimate of drug-likeness (QED) is 0.332. The van der Waals surface area contributed by atoms with Crippen molar-refractivity contribution in [3.63, 3.8) is 0 Å². The van der Waals surface area contributed by atoms with Crippen molar-refractivity contribution in [1.82, 2.24) is 24.6 Å². The minimum atomic E-state index is 0.302. The van der Waals surface area contributed by atoms with Crippen LogP contribution in [0, 0.1) is 0 Å². The molecule has 1 atom stereocenters. The number of hydrogen-bond acceptors (Lipinski definition) is 6. The zero-order valence-electron chi connectivity index (χ0n) is 21.6. The standard InChI is InChI=1S/C29H36N6O/c1-4-9-22(2)27-31-28(26-20-30-35(29(26)32-27)24-10-6-5-7-11-24)34-17-8-16-33(18-19-34)21-23-12-14-25(36-3)15-13-23/h5-7,10-15,20,22H,4,8-9,16-19,21H2,1-3H3/t22-/m0/s1. The number of fused-ring (bicyclic) bond motifs is 1. The number of anilines is 1. The summed E-state index contributed by atoms with van der Waals surface area (Å²) in [5.41, 5.74) is 3.23. The summed E-state index contributed by atoms with van der Waals surface area (Å²) < 4.78 is 7.26. The van der Waals surface area contributed by atoms with Crippen LogP contribution < -0.4 is 9.64 Å². The summed E-state index contributed by atoms with van der Waals surface area (Å²) in [4.78, 5) is 15.2. The fraction of sp³-hybridized carbons (Fsp3) is 0.414. The molecule has 1 fully saturated rings. The van der Waals surface area contributed by atoms with Crippen molar-refractivity contribution >= 4 is 16.9 Å². The highest BCUT2D eigenvalue weighted by Crippen LogP contribution is 2.30. The summed E-state index contributed by atoms with van der Waals surface area (Å²) in [6.07, 6.45) is 5.21. The van der Waals surface area contributed by atoms with Crippen molar-refractivity contribution in [2.24, 2.45) is 0 Å². The molecule has 0 N–H and O–H groups in total. The number of nitrogens with zero attached hydrogens (tertiary/aromatic N) is 6. The van der Waals surface area contributed by atoms with Crippen LogP contribution in [0.2, 0.25) is 0 Å². The van der Waals surface area contributed by atoms with Crippen molar-refractivity contribution in [3.05, 3.63) is 72.2 Å². The van der Waals surface area contributed by atoms with E-state index in [4.69, 9.17) is 19.8 Å². The van der Waals surface area contributed by atoms with Gasteiger partial charge in [0.2, 0.25) is 0 Å². The molecule has 0 aliphatic carbocycles. The zero-order valence-corrected chi connectivity index (χ0v) is 21.6. The molecule has 5 rings (SSSR count). The molecule has 3 heterocycles. The molecule has 1 aliphatic rings. The predicted molar refractivity (Wildman–Crippen MR) is 145 cm³/mol. The molecule has 36 heavy (non-hydrogen) atoms. The van der Waals surface area contributed by atoms with Crippen LogP contribution >= 0.6 is 0 Å². The Morgan fingerprint density at radius 2 is 1.75 bits per heavy atom. The molecular weight excluding hydrogens is 448 g/mol. The lowest BCUT2D eigenvalue weighted by molar-refractivity contribution is 0.285. The van der Waals surface area contributed by atoms with E-state index in [1.54, 1.807) is 7.11 Å². The second-order valence-electron chi connectivity index (χ2n) is 9.69. The Labute approximate surface area is 213 Å². The minimum Gasteiger partial charge on any atom is -0.497 e. The van der Waals surface area contributed by atoms with Crippen LogP contribution in [-0.4, -0.2) is 57.9 Å². The van der Waals surface area contributed by atoms with Crippen molar-refractivity contribution in [2.75, 3.05) is 38.2 Å². The molecule has 2 aromatic heterocycles. The highest BCUT2D eigenvalue weighted by atomic mass is 16.5. The molecule has 2 aromatic carbocycles. The third kappa shape index (κ3) is 5.21. The van der Waals surface area contributed by atoms with E-state index in [9.17, 15) is 0 Å². The van der Waals surface area contributed by atoms with Gasteiger partial charge in [-0.25, -0.2) is 14.6 Å². The first-order valence-electron chi connectivity index (χ1n) is 13.1. The van der Waals surface area contributed by atoms with Crippen LogP contribution in [0.3, 0.4) is 0 Å². The number of benzene rings is 2. The molecule has 7 heteroatoms. The summed E-state index contributed by atoms with van der Waals surface area (Å²) in [6, 6.07) is 18.7. The maximum atomic E-state index is 5.31. The van der Waals surface area contributed by atoms with Crippen molar-refractivity contribution in [1.29, 1.82) is 0 Å². The van der Waals surface area contributed by atoms with E-state index < -0.39 is 0 Å². The number of aromatic nitrogens is 4. The summed E-state index contributed by atoms with van der Waals surface area (Å²) in [7, 11) is 1.71. The smallest absolute Gasteiger partial charge is 0.168 e. The maximum Gasteiger partial charge on any atom is 0.168 e. The molecule has 0 amide bonds. The Morgan fingerprint density at radius 3 is 2.50 bits per heavy atom. The fourth-order valence-electron chi connectivity index (χ4n) is 5.02. The number of ether oxygens (including phenoxy) is 1.